The minimum absolute atomic E-state index is 0.0775. The molecular formula is C13H14O4. The largest absolute Gasteiger partial charge is 0.497 e. The van der Waals surface area contributed by atoms with Crippen molar-refractivity contribution in [1.29, 1.82) is 0 Å². The smallest absolute Gasteiger partial charge is 0.307 e. The topological polar surface area (TPSA) is 63.6 Å². The molecule has 1 fully saturated rings. The Labute approximate surface area is 99.2 Å². The Morgan fingerprint density at radius 3 is 2.18 bits per heavy atom. The van der Waals surface area contributed by atoms with Crippen molar-refractivity contribution < 1.29 is 19.4 Å². The van der Waals surface area contributed by atoms with Gasteiger partial charge in [0.25, 0.3) is 0 Å². The number of hydrogen-bond acceptors (Lipinski definition) is 3. The lowest BCUT2D eigenvalue weighted by Crippen LogP contribution is -2.38. The molecule has 0 radical (unpaired) electrons. The van der Waals surface area contributed by atoms with E-state index in [4.69, 9.17) is 9.84 Å². The van der Waals surface area contributed by atoms with Gasteiger partial charge in [0, 0.05) is 11.5 Å². The predicted octanol–water partition coefficient (Wildman–Crippen LogP) is 1.99. The summed E-state index contributed by atoms with van der Waals surface area (Å²) in [5.74, 6) is -1.13. The molecule has 1 aromatic rings. The number of ether oxygens (including phenoxy) is 1. The molecule has 2 rings (SSSR count). The molecule has 2 unspecified atom stereocenters. The Morgan fingerprint density at radius 2 is 1.76 bits per heavy atom. The van der Waals surface area contributed by atoms with Crippen LogP contribution in [0.15, 0.2) is 24.3 Å². The Bertz CT molecular complexity index is 435. The molecule has 4 nitrogen and oxygen atoms in total. The first-order chi connectivity index (χ1) is 8.13. The van der Waals surface area contributed by atoms with Crippen LogP contribution < -0.4 is 4.74 Å². The second-order valence-electron chi connectivity index (χ2n) is 4.22. The Balaban J connectivity index is 2.11. The number of benzene rings is 1. The predicted molar refractivity (Wildman–Crippen MR) is 61.2 cm³/mol. The minimum atomic E-state index is -0.872. The number of methoxy groups -OCH3 is 1. The van der Waals surface area contributed by atoms with Crippen LogP contribution in [0.4, 0.5) is 0 Å². The number of aliphatic carboxylic acids is 1. The number of rotatable bonds is 4. The number of Topliss-reactive ketones (excluding diaryl/α,β-unsaturated/α-hetero) is 1. The van der Waals surface area contributed by atoms with Crippen molar-refractivity contribution in [2.75, 3.05) is 7.11 Å². The van der Waals surface area contributed by atoms with E-state index in [0.29, 0.717) is 24.2 Å². The van der Waals surface area contributed by atoms with E-state index in [-0.39, 0.29) is 11.7 Å². The normalized spacial score (nSPS) is 22.6. The summed E-state index contributed by atoms with van der Waals surface area (Å²) in [7, 11) is 1.56. The van der Waals surface area contributed by atoms with E-state index in [0.717, 1.165) is 0 Å². The molecule has 1 aromatic carbocycles. The van der Waals surface area contributed by atoms with E-state index in [1.165, 1.54) is 0 Å². The summed E-state index contributed by atoms with van der Waals surface area (Å²) in [5.41, 5.74) is 0.557. The summed E-state index contributed by atoms with van der Waals surface area (Å²) in [6, 6.07) is 6.78. The van der Waals surface area contributed by atoms with Gasteiger partial charge in [-0.3, -0.25) is 9.59 Å². The molecule has 0 heterocycles. The first kappa shape index (κ1) is 11.6. The van der Waals surface area contributed by atoms with Crippen LogP contribution in [0, 0.1) is 11.8 Å². The molecule has 0 bridgehead atoms. The maximum Gasteiger partial charge on any atom is 0.307 e. The number of ketones is 1. The van der Waals surface area contributed by atoms with Crippen LogP contribution in [0.3, 0.4) is 0 Å². The summed E-state index contributed by atoms with van der Waals surface area (Å²) >= 11 is 0. The fourth-order valence-electron chi connectivity index (χ4n) is 2.08. The van der Waals surface area contributed by atoms with Crippen molar-refractivity contribution in [3.63, 3.8) is 0 Å². The van der Waals surface area contributed by atoms with Gasteiger partial charge in [-0.25, -0.2) is 0 Å². The highest BCUT2D eigenvalue weighted by Crippen LogP contribution is 2.37. The maximum atomic E-state index is 12.0. The van der Waals surface area contributed by atoms with Gasteiger partial charge in [-0.05, 0) is 37.1 Å². The van der Waals surface area contributed by atoms with Crippen LogP contribution in [-0.2, 0) is 4.79 Å². The molecule has 17 heavy (non-hydrogen) atoms. The third kappa shape index (κ3) is 2.16. The van der Waals surface area contributed by atoms with Crippen molar-refractivity contribution in [3.8, 4) is 5.75 Å². The molecule has 1 N–H and O–H groups in total. The van der Waals surface area contributed by atoms with Gasteiger partial charge in [-0.2, -0.15) is 0 Å². The molecule has 4 heteroatoms. The van der Waals surface area contributed by atoms with E-state index >= 15 is 0 Å². The van der Waals surface area contributed by atoms with Crippen LogP contribution >= 0.6 is 0 Å². The van der Waals surface area contributed by atoms with Gasteiger partial charge in [0.15, 0.2) is 5.78 Å². The number of carboxylic acids is 1. The average Bonchev–Trinajstić information content (AvgIpc) is 2.27. The summed E-state index contributed by atoms with van der Waals surface area (Å²) < 4.78 is 5.00. The van der Waals surface area contributed by atoms with Crippen molar-refractivity contribution in [2.24, 2.45) is 11.8 Å². The summed E-state index contributed by atoms with van der Waals surface area (Å²) in [5, 5.41) is 8.91. The maximum absolute atomic E-state index is 12.0. The third-order valence-corrected chi connectivity index (χ3v) is 3.30. The van der Waals surface area contributed by atoms with Crippen LogP contribution in [0.5, 0.6) is 5.75 Å². The lowest BCUT2D eigenvalue weighted by Gasteiger charge is -2.31. The van der Waals surface area contributed by atoms with Gasteiger partial charge in [0.1, 0.15) is 5.75 Å². The molecule has 0 saturated heterocycles. The molecule has 1 aliphatic carbocycles. The lowest BCUT2D eigenvalue weighted by molar-refractivity contribution is -0.146. The Kier molecular flexibility index (Phi) is 3.13. The fraction of sp³-hybridized carbons (Fsp3) is 0.385. The van der Waals surface area contributed by atoms with Crippen LogP contribution in [0.2, 0.25) is 0 Å². The van der Waals surface area contributed by atoms with Crippen molar-refractivity contribution in [1.82, 2.24) is 0 Å². The van der Waals surface area contributed by atoms with Crippen molar-refractivity contribution >= 4 is 11.8 Å². The van der Waals surface area contributed by atoms with E-state index in [9.17, 15) is 9.59 Å². The highest BCUT2D eigenvalue weighted by Gasteiger charge is 2.41. The molecule has 1 saturated carbocycles. The fourth-order valence-corrected chi connectivity index (χ4v) is 2.08. The zero-order chi connectivity index (χ0) is 12.4. The van der Waals surface area contributed by atoms with Crippen LogP contribution in [0.1, 0.15) is 23.2 Å². The molecule has 0 aromatic heterocycles. The SMILES string of the molecule is COc1ccc(C(=O)C2CCC2C(=O)O)cc1. The summed E-state index contributed by atoms with van der Waals surface area (Å²) in [6.45, 7) is 0. The monoisotopic (exact) mass is 234 g/mol. The van der Waals surface area contributed by atoms with Gasteiger partial charge >= 0.3 is 5.97 Å². The number of carboxylic acid groups (broad SMARTS) is 1. The number of hydrogen-bond donors (Lipinski definition) is 1. The van der Waals surface area contributed by atoms with E-state index in [1.807, 2.05) is 0 Å². The lowest BCUT2D eigenvalue weighted by atomic mass is 9.70. The summed E-state index contributed by atoms with van der Waals surface area (Å²) in [4.78, 5) is 22.9. The van der Waals surface area contributed by atoms with Gasteiger partial charge in [-0.1, -0.05) is 0 Å². The number of carbonyl (C=O) groups excluding carboxylic acids is 1. The van der Waals surface area contributed by atoms with E-state index in [2.05, 4.69) is 0 Å². The highest BCUT2D eigenvalue weighted by molar-refractivity contribution is 6.00. The molecular weight excluding hydrogens is 220 g/mol. The van der Waals surface area contributed by atoms with Crippen LogP contribution in [0.25, 0.3) is 0 Å². The molecule has 0 aliphatic heterocycles. The number of carbonyl (C=O) groups is 2. The zero-order valence-electron chi connectivity index (χ0n) is 9.55. The van der Waals surface area contributed by atoms with Gasteiger partial charge in [0.2, 0.25) is 0 Å². The quantitative estimate of drug-likeness (QED) is 0.809. The zero-order valence-corrected chi connectivity index (χ0v) is 9.55. The molecule has 0 spiro atoms. The van der Waals surface area contributed by atoms with Gasteiger partial charge < -0.3 is 9.84 Å². The van der Waals surface area contributed by atoms with Crippen molar-refractivity contribution in [2.45, 2.75) is 12.8 Å². The summed E-state index contributed by atoms with van der Waals surface area (Å²) in [6.07, 6.45) is 1.27. The Morgan fingerprint density at radius 1 is 1.18 bits per heavy atom. The molecule has 0 amide bonds. The van der Waals surface area contributed by atoms with E-state index in [1.54, 1.807) is 31.4 Å². The van der Waals surface area contributed by atoms with Crippen LogP contribution in [-0.4, -0.2) is 24.0 Å². The van der Waals surface area contributed by atoms with Gasteiger partial charge in [0.05, 0.1) is 13.0 Å². The standard InChI is InChI=1S/C13H14O4/c1-17-9-4-2-8(3-5-9)12(14)10-6-7-11(10)13(15)16/h2-5,10-11H,6-7H2,1H3,(H,15,16). The third-order valence-electron chi connectivity index (χ3n) is 3.30. The van der Waals surface area contributed by atoms with Gasteiger partial charge in [-0.15, -0.1) is 0 Å². The molecule has 1 aliphatic rings. The molecule has 90 valence electrons. The average molecular weight is 234 g/mol. The second-order valence-corrected chi connectivity index (χ2v) is 4.22. The Hall–Kier alpha value is -1.84. The van der Waals surface area contributed by atoms with Crippen molar-refractivity contribution in [3.05, 3.63) is 29.8 Å². The first-order valence-corrected chi connectivity index (χ1v) is 5.54. The second kappa shape index (κ2) is 4.57. The van der Waals surface area contributed by atoms with E-state index < -0.39 is 11.9 Å². The first-order valence-electron chi connectivity index (χ1n) is 5.54. The highest BCUT2D eigenvalue weighted by atomic mass is 16.5. The minimum Gasteiger partial charge on any atom is -0.497 e. The molecule has 2 atom stereocenters.